The lowest BCUT2D eigenvalue weighted by molar-refractivity contribution is 0.0657. The number of likely N-dealkylation sites (tertiary alicyclic amines) is 1. The van der Waals surface area contributed by atoms with Gasteiger partial charge in [-0.3, -0.25) is 4.79 Å². The molecule has 0 bridgehead atoms. The lowest BCUT2D eigenvalue weighted by Crippen LogP contribution is -2.38. The van der Waals surface area contributed by atoms with E-state index in [1.165, 1.54) is 12.0 Å². The fraction of sp³-hybridized carbons (Fsp3) is 0.500. The Labute approximate surface area is 131 Å². The number of fused-ring (bicyclic) bond motifs is 1. The van der Waals surface area contributed by atoms with Crippen molar-refractivity contribution in [2.45, 2.75) is 26.2 Å². The second-order valence-corrected chi connectivity index (χ2v) is 6.28. The molecule has 118 valence electrons. The SMILES string of the molecule is CNCCC1CCN(C(=O)c2cc3cc(C)ccc3o2)CC1. The minimum Gasteiger partial charge on any atom is -0.451 e. The normalized spacial score (nSPS) is 16.4. The summed E-state index contributed by atoms with van der Waals surface area (Å²) in [6, 6.07) is 7.87. The Morgan fingerprint density at radius 1 is 1.32 bits per heavy atom. The van der Waals surface area contributed by atoms with E-state index >= 15 is 0 Å². The average molecular weight is 300 g/mol. The zero-order valence-corrected chi connectivity index (χ0v) is 13.4. The predicted molar refractivity (Wildman–Crippen MR) is 88.1 cm³/mol. The zero-order chi connectivity index (χ0) is 15.5. The van der Waals surface area contributed by atoms with Crippen molar-refractivity contribution in [1.29, 1.82) is 0 Å². The molecule has 0 saturated carbocycles. The van der Waals surface area contributed by atoms with Crippen molar-refractivity contribution in [3.63, 3.8) is 0 Å². The van der Waals surface area contributed by atoms with Gasteiger partial charge in [-0.25, -0.2) is 0 Å². The van der Waals surface area contributed by atoms with Crippen LogP contribution in [-0.4, -0.2) is 37.5 Å². The van der Waals surface area contributed by atoms with E-state index in [-0.39, 0.29) is 5.91 Å². The number of hydrogen-bond acceptors (Lipinski definition) is 3. The van der Waals surface area contributed by atoms with Crippen LogP contribution in [0, 0.1) is 12.8 Å². The minimum atomic E-state index is 0.0286. The van der Waals surface area contributed by atoms with Gasteiger partial charge in [0.2, 0.25) is 0 Å². The van der Waals surface area contributed by atoms with Gasteiger partial charge in [-0.05, 0) is 63.9 Å². The van der Waals surface area contributed by atoms with Gasteiger partial charge in [-0.2, -0.15) is 0 Å². The van der Waals surface area contributed by atoms with Crippen molar-refractivity contribution in [3.8, 4) is 0 Å². The Morgan fingerprint density at radius 3 is 2.82 bits per heavy atom. The molecule has 1 N–H and O–H groups in total. The Balaban J connectivity index is 1.66. The van der Waals surface area contributed by atoms with Gasteiger partial charge in [0.1, 0.15) is 5.58 Å². The highest BCUT2D eigenvalue weighted by Gasteiger charge is 2.25. The first kappa shape index (κ1) is 15.1. The maximum absolute atomic E-state index is 12.6. The largest absolute Gasteiger partial charge is 0.451 e. The average Bonchev–Trinajstić information content (AvgIpc) is 2.95. The maximum Gasteiger partial charge on any atom is 0.289 e. The molecule has 1 aliphatic heterocycles. The van der Waals surface area contributed by atoms with Crippen molar-refractivity contribution >= 4 is 16.9 Å². The van der Waals surface area contributed by atoms with E-state index in [1.54, 1.807) is 0 Å². The van der Waals surface area contributed by atoms with Crippen LogP contribution in [0.3, 0.4) is 0 Å². The number of rotatable bonds is 4. The number of benzene rings is 1. The topological polar surface area (TPSA) is 45.5 Å². The van der Waals surface area contributed by atoms with Gasteiger partial charge in [0.05, 0.1) is 0 Å². The van der Waals surface area contributed by atoms with Crippen molar-refractivity contribution in [3.05, 3.63) is 35.6 Å². The molecule has 2 aromatic rings. The van der Waals surface area contributed by atoms with Crippen LogP contribution >= 0.6 is 0 Å². The summed E-state index contributed by atoms with van der Waals surface area (Å²) in [5.74, 6) is 1.23. The standard InChI is InChI=1S/C18H24N2O2/c1-13-3-4-16-15(11-13)12-17(22-16)18(21)20-9-6-14(7-10-20)5-8-19-2/h3-4,11-12,14,19H,5-10H2,1-2H3. The van der Waals surface area contributed by atoms with Crippen molar-refractivity contribution in [2.24, 2.45) is 5.92 Å². The number of aryl methyl sites for hydroxylation is 1. The molecule has 0 atom stereocenters. The number of furan rings is 1. The first-order chi connectivity index (χ1) is 10.7. The van der Waals surface area contributed by atoms with Crippen molar-refractivity contribution < 1.29 is 9.21 Å². The third kappa shape index (κ3) is 3.17. The molecule has 0 unspecified atom stereocenters. The maximum atomic E-state index is 12.6. The van der Waals surface area contributed by atoms with Gasteiger partial charge >= 0.3 is 0 Å². The molecule has 0 radical (unpaired) electrons. The number of carbonyl (C=O) groups is 1. The number of amides is 1. The lowest BCUT2D eigenvalue weighted by Gasteiger charge is -2.31. The summed E-state index contributed by atoms with van der Waals surface area (Å²) < 4.78 is 5.73. The van der Waals surface area contributed by atoms with Gasteiger partial charge in [0, 0.05) is 18.5 Å². The highest BCUT2D eigenvalue weighted by atomic mass is 16.3. The van der Waals surface area contributed by atoms with Crippen molar-refractivity contribution in [2.75, 3.05) is 26.7 Å². The van der Waals surface area contributed by atoms with Crippen LogP contribution in [0.25, 0.3) is 11.0 Å². The van der Waals surface area contributed by atoms with E-state index in [1.807, 2.05) is 37.1 Å². The molecule has 4 nitrogen and oxygen atoms in total. The third-order valence-electron chi connectivity index (χ3n) is 4.59. The van der Waals surface area contributed by atoms with Gasteiger partial charge in [-0.1, -0.05) is 11.6 Å². The molecule has 4 heteroatoms. The molecule has 1 aromatic carbocycles. The summed E-state index contributed by atoms with van der Waals surface area (Å²) in [5, 5.41) is 4.21. The van der Waals surface area contributed by atoms with Crippen molar-refractivity contribution in [1.82, 2.24) is 10.2 Å². The molecule has 3 rings (SSSR count). The van der Waals surface area contributed by atoms with Crippen LogP contribution < -0.4 is 5.32 Å². The summed E-state index contributed by atoms with van der Waals surface area (Å²) in [6.45, 7) is 4.78. The number of carbonyl (C=O) groups excluding carboxylic acids is 1. The first-order valence-electron chi connectivity index (χ1n) is 8.11. The molecular formula is C18H24N2O2. The van der Waals surface area contributed by atoms with Crippen LogP contribution in [0.15, 0.2) is 28.7 Å². The first-order valence-corrected chi connectivity index (χ1v) is 8.11. The molecule has 1 amide bonds. The van der Waals surface area contributed by atoms with Crippen LogP contribution in [0.2, 0.25) is 0 Å². The van der Waals surface area contributed by atoms with Crippen LogP contribution in [0.1, 0.15) is 35.4 Å². The monoisotopic (exact) mass is 300 g/mol. The van der Waals surface area contributed by atoms with Crippen LogP contribution in [0.5, 0.6) is 0 Å². The Kier molecular flexibility index (Phi) is 4.48. The Bertz CT molecular complexity index is 654. The molecule has 1 fully saturated rings. The third-order valence-corrected chi connectivity index (χ3v) is 4.59. The van der Waals surface area contributed by atoms with Crippen LogP contribution in [0.4, 0.5) is 0 Å². The summed E-state index contributed by atoms with van der Waals surface area (Å²) >= 11 is 0. The number of hydrogen-bond donors (Lipinski definition) is 1. The van der Waals surface area contributed by atoms with E-state index in [4.69, 9.17) is 4.42 Å². The molecule has 0 aliphatic carbocycles. The fourth-order valence-corrected chi connectivity index (χ4v) is 3.20. The quantitative estimate of drug-likeness (QED) is 0.943. The second-order valence-electron chi connectivity index (χ2n) is 6.28. The number of nitrogens with one attached hydrogen (secondary N) is 1. The van der Waals surface area contributed by atoms with E-state index in [0.717, 1.165) is 49.4 Å². The minimum absolute atomic E-state index is 0.0286. The molecular weight excluding hydrogens is 276 g/mol. The molecule has 2 heterocycles. The smallest absolute Gasteiger partial charge is 0.289 e. The number of piperidine rings is 1. The van der Waals surface area contributed by atoms with Crippen LogP contribution in [-0.2, 0) is 0 Å². The fourth-order valence-electron chi connectivity index (χ4n) is 3.20. The van der Waals surface area contributed by atoms with E-state index in [0.29, 0.717) is 5.76 Å². The Hall–Kier alpha value is -1.81. The van der Waals surface area contributed by atoms with E-state index < -0.39 is 0 Å². The molecule has 0 spiro atoms. The highest BCUT2D eigenvalue weighted by molar-refractivity contribution is 5.96. The second kappa shape index (κ2) is 6.53. The molecule has 1 aliphatic rings. The Morgan fingerprint density at radius 2 is 2.09 bits per heavy atom. The summed E-state index contributed by atoms with van der Waals surface area (Å²) in [5.41, 5.74) is 1.97. The number of nitrogens with zero attached hydrogens (tertiary/aromatic N) is 1. The zero-order valence-electron chi connectivity index (χ0n) is 13.4. The molecule has 1 saturated heterocycles. The van der Waals surface area contributed by atoms with E-state index in [9.17, 15) is 4.79 Å². The van der Waals surface area contributed by atoms with E-state index in [2.05, 4.69) is 11.4 Å². The van der Waals surface area contributed by atoms with Gasteiger partial charge in [0.25, 0.3) is 5.91 Å². The van der Waals surface area contributed by atoms with Gasteiger partial charge < -0.3 is 14.6 Å². The predicted octanol–water partition coefficient (Wildman–Crippen LogP) is 3.20. The summed E-state index contributed by atoms with van der Waals surface area (Å²) in [6.07, 6.45) is 3.38. The van der Waals surface area contributed by atoms with Gasteiger partial charge in [-0.15, -0.1) is 0 Å². The molecule has 22 heavy (non-hydrogen) atoms. The summed E-state index contributed by atoms with van der Waals surface area (Å²) in [4.78, 5) is 14.5. The van der Waals surface area contributed by atoms with Gasteiger partial charge in [0.15, 0.2) is 5.76 Å². The highest BCUT2D eigenvalue weighted by Crippen LogP contribution is 2.25. The lowest BCUT2D eigenvalue weighted by atomic mass is 9.93. The molecule has 1 aromatic heterocycles. The summed E-state index contributed by atoms with van der Waals surface area (Å²) in [7, 11) is 1.99.